The van der Waals surface area contributed by atoms with Crippen LogP contribution in [-0.2, 0) is 10.0 Å². The molecule has 2 aromatic rings. The zero-order valence-corrected chi connectivity index (χ0v) is 16.6. The van der Waals surface area contributed by atoms with Crippen molar-refractivity contribution < 1.29 is 17.9 Å². The third-order valence-corrected chi connectivity index (χ3v) is 6.84. The monoisotopic (exact) mass is 404 g/mol. The van der Waals surface area contributed by atoms with Crippen LogP contribution >= 0.6 is 0 Å². The quantitative estimate of drug-likeness (QED) is 0.793. The second kappa shape index (κ2) is 7.56. The molecule has 2 heterocycles. The number of sulfonamides is 1. The topological polar surface area (TPSA) is 93.5 Å². The molecule has 2 fully saturated rings. The van der Waals surface area contributed by atoms with Crippen LogP contribution in [-0.4, -0.2) is 55.0 Å². The molecular weight excluding hydrogens is 380 g/mol. The minimum atomic E-state index is -3.72. The fraction of sp³-hybridized carbons (Fsp3) is 0.474. The first-order valence-corrected chi connectivity index (χ1v) is 10.9. The van der Waals surface area contributed by atoms with Crippen molar-refractivity contribution in [3.8, 4) is 5.75 Å². The molecule has 1 saturated carbocycles. The van der Waals surface area contributed by atoms with Gasteiger partial charge in [-0.3, -0.25) is 4.79 Å². The molecule has 0 bridgehead atoms. The molecule has 1 aromatic heterocycles. The summed E-state index contributed by atoms with van der Waals surface area (Å²) in [4.78, 5) is 18.8. The summed E-state index contributed by atoms with van der Waals surface area (Å²) in [7, 11) is -2.30. The molecule has 1 saturated heterocycles. The second-order valence-corrected chi connectivity index (χ2v) is 8.98. The van der Waals surface area contributed by atoms with Gasteiger partial charge in [0.25, 0.3) is 5.91 Å². The molecule has 28 heavy (non-hydrogen) atoms. The van der Waals surface area contributed by atoms with Gasteiger partial charge in [-0.15, -0.1) is 0 Å². The number of imidazole rings is 1. The van der Waals surface area contributed by atoms with Crippen LogP contribution in [0, 0.1) is 0 Å². The van der Waals surface area contributed by atoms with Crippen LogP contribution in [0.3, 0.4) is 0 Å². The number of likely N-dealkylation sites (tertiary alicyclic amines) is 1. The predicted molar refractivity (Wildman–Crippen MR) is 103 cm³/mol. The van der Waals surface area contributed by atoms with Crippen molar-refractivity contribution in [3.05, 3.63) is 42.5 Å². The van der Waals surface area contributed by atoms with Crippen LogP contribution in [0.5, 0.6) is 5.75 Å². The Morgan fingerprint density at radius 2 is 1.96 bits per heavy atom. The van der Waals surface area contributed by atoms with E-state index in [1.807, 2.05) is 6.20 Å². The van der Waals surface area contributed by atoms with Gasteiger partial charge in [0.1, 0.15) is 10.6 Å². The van der Waals surface area contributed by atoms with Gasteiger partial charge >= 0.3 is 0 Å². The van der Waals surface area contributed by atoms with E-state index in [1.54, 1.807) is 29.6 Å². The van der Waals surface area contributed by atoms with E-state index in [2.05, 4.69) is 14.3 Å². The van der Waals surface area contributed by atoms with Crippen molar-refractivity contribution in [2.24, 2.45) is 0 Å². The summed E-state index contributed by atoms with van der Waals surface area (Å²) in [5.74, 6) is 0.0816. The third kappa shape index (κ3) is 3.90. The Labute approximate surface area is 164 Å². The molecule has 0 radical (unpaired) electrons. The Bertz CT molecular complexity index is 946. The standard InChI is InChI=1S/C19H24N4O4S/c1-27-17-5-2-14(12-18(17)28(25,26)21-15-3-4-15)19(24)22-9-6-16(7-10-22)23-11-8-20-13-23/h2,5,8,11-13,15-16,21H,3-4,6-7,9-10H2,1H3. The average Bonchev–Trinajstić information content (AvgIpc) is 3.33. The molecule has 4 rings (SSSR count). The number of hydrogen-bond donors (Lipinski definition) is 1. The number of carbonyl (C=O) groups excluding carboxylic acids is 1. The van der Waals surface area contributed by atoms with Gasteiger partial charge in [-0.2, -0.15) is 0 Å². The number of carbonyl (C=O) groups is 1. The number of ether oxygens (including phenoxy) is 1. The van der Waals surface area contributed by atoms with E-state index >= 15 is 0 Å². The van der Waals surface area contributed by atoms with Gasteiger partial charge in [0.05, 0.1) is 13.4 Å². The van der Waals surface area contributed by atoms with Crippen LogP contribution in [0.2, 0.25) is 0 Å². The molecule has 2 aliphatic rings. The van der Waals surface area contributed by atoms with E-state index in [0.717, 1.165) is 25.7 Å². The largest absolute Gasteiger partial charge is 0.495 e. The maximum atomic E-state index is 13.0. The maximum Gasteiger partial charge on any atom is 0.253 e. The van der Waals surface area contributed by atoms with Crippen molar-refractivity contribution in [3.63, 3.8) is 0 Å². The van der Waals surface area contributed by atoms with E-state index in [1.165, 1.54) is 13.2 Å². The summed E-state index contributed by atoms with van der Waals surface area (Å²) in [6.45, 7) is 1.24. The minimum absolute atomic E-state index is 0.0149. The highest BCUT2D eigenvalue weighted by Gasteiger charge is 2.31. The first-order chi connectivity index (χ1) is 13.5. The Morgan fingerprint density at radius 1 is 1.21 bits per heavy atom. The summed E-state index contributed by atoms with van der Waals surface area (Å²) in [6.07, 6.45) is 8.86. The fourth-order valence-electron chi connectivity index (χ4n) is 3.54. The van der Waals surface area contributed by atoms with Gasteiger partial charge in [0.2, 0.25) is 10.0 Å². The number of amides is 1. The van der Waals surface area contributed by atoms with Gasteiger partial charge in [0, 0.05) is 43.1 Å². The SMILES string of the molecule is COc1ccc(C(=O)N2CCC(n3ccnc3)CC2)cc1S(=O)(=O)NC1CC1. The zero-order chi connectivity index (χ0) is 19.7. The molecule has 0 spiro atoms. The number of rotatable bonds is 6. The Balaban J connectivity index is 1.51. The summed E-state index contributed by atoms with van der Waals surface area (Å²) >= 11 is 0. The van der Waals surface area contributed by atoms with E-state index in [9.17, 15) is 13.2 Å². The molecule has 150 valence electrons. The summed E-state index contributed by atoms with van der Waals surface area (Å²) in [5, 5.41) is 0. The van der Waals surface area contributed by atoms with Crippen molar-refractivity contribution in [1.29, 1.82) is 0 Å². The molecule has 0 unspecified atom stereocenters. The van der Waals surface area contributed by atoms with Crippen LogP contribution < -0.4 is 9.46 Å². The fourth-order valence-corrected chi connectivity index (χ4v) is 5.04. The normalized spacial score (nSPS) is 18.2. The van der Waals surface area contributed by atoms with Crippen molar-refractivity contribution >= 4 is 15.9 Å². The number of benzene rings is 1. The Hall–Kier alpha value is -2.39. The predicted octanol–water partition coefficient (Wildman–Crippen LogP) is 1.81. The van der Waals surface area contributed by atoms with Crippen LogP contribution in [0.25, 0.3) is 0 Å². The first-order valence-electron chi connectivity index (χ1n) is 9.45. The average molecular weight is 404 g/mol. The number of hydrogen-bond acceptors (Lipinski definition) is 5. The minimum Gasteiger partial charge on any atom is -0.495 e. The molecular formula is C19H24N4O4S. The van der Waals surface area contributed by atoms with Gasteiger partial charge in [-0.05, 0) is 43.9 Å². The number of piperidine rings is 1. The smallest absolute Gasteiger partial charge is 0.253 e. The van der Waals surface area contributed by atoms with E-state index in [0.29, 0.717) is 24.7 Å². The third-order valence-electron chi connectivity index (χ3n) is 5.30. The van der Waals surface area contributed by atoms with Gasteiger partial charge < -0.3 is 14.2 Å². The molecule has 1 N–H and O–H groups in total. The highest BCUT2D eigenvalue weighted by molar-refractivity contribution is 7.89. The van der Waals surface area contributed by atoms with Crippen molar-refractivity contribution in [2.75, 3.05) is 20.2 Å². The van der Waals surface area contributed by atoms with Gasteiger partial charge in [-0.1, -0.05) is 0 Å². The summed E-state index contributed by atoms with van der Waals surface area (Å²) in [5.41, 5.74) is 0.359. The number of methoxy groups -OCH3 is 1. The second-order valence-electron chi connectivity index (χ2n) is 7.29. The lowest BCUT2D eigenvalue weighted by Crippen LogP contribution is -2.39. The van der Waals surface area contributed by atoms with E-state index in [-0.39, 0.29) is 22.6 Å². The number of nitrogens with zero attached hydrogens (tertiary/aromatic N) is 3. The maximum absolute atomic E-state index is 13.0. The zero-order valence-electron chi connectivity index (χ0n) is 15.7. The Kier molecular flexibility index (Phi) is 5.11. The molecule has 1 aromatic carbocycles. The van der Waals surface area contributed by atoms with Crippen molar-refractivity contribution in [2.45, 2.75) is 42.7 Å². The lowest BCUT2D eigenvalue weighted by molar-refractivity contribution is 0.0694. The van der Waals surface area contributed by atoms with Gasteiger partial charge in [0.15, 0.2) is 0 Å². The highest BCUT2D eigenvalue weighted by atomic mass is 32.2. The van der Waals surface area contributed by atoms with Crippen molar-refractivity contribution in [1.82, 2.24) is 19.2 Å². The van der Waals surface area contributed by atoms with Crippen LogP contribution in [0.1, 0.15) is 42.1 Å². The molecule has 0 atom stereocenters. The summed E-state index contributed by atoms with van der Waals surface area (Å²) < 4.78 is 35.3. The highest BCUT2D eigenvalue weighted by Crippen LogP contribution is 2.29. The summed E-state index contributed by atoms with van der Waals surface area (Å²) in [6, 6.07) is 4.91. The molecule has 9 heteroatoms. The molecule has 8 nitrogen and oxygen atoms in total. The lowest BCUT2D eigenvalue weighted by atomic mass is 10.0. The molecule has 1 amide bonds. The Morgan fingerprint density at radius 3 is 2.57 bits per heavy atom. The van der Waals surface area contributed by atoms with E-state index < -0.39 is 10.0 Å². The lowest BCUT2D eigenvalue weighted by Gasteiger charge is -2.32. The first kappa shape index (κ1) is 18.9. The van der Waals surface area contributed by atoms with Crippen LogP contribution in [0.15, 0.2) is 41.8 Å². The van der Waals surface area contributed by atoms with Gasteiger partial charge in [-0.25, -0.2) is 18.1 Å². The molecule has 1 aliphatic carbocycles. The molecule has 1 aliphatic heterocycles. The van der Waals surface area contributed by atoms with E-state index in [4.69, 9.17) is 4.74 Å². The number of nitrogens with one attached hydrogen (secondary N) is 1. The van der Waals surface area contributed by atoms with Crippen LogP contribution in [0.4, 0.5) is 0 Å². The number of aromatic nitrogens is 2.